The molecule has 0 fully saturated rings. The minimum absolute atomic E-state index is 0.0511. The average molecular weight is 374 g/mol. The third-order valence-corrected chi connectivity index (χ3v) is 4.89. The molecule has 1 aromatic heterocycles. The molecule has 0 saturated heterocycles. The number of aliphatic carboxylic acids is 1. The van der Waals surface area contributed by atoms with Gasteiger partial charge in [0.25, 0.3) is 0 Å². The van der Waals surface area contributed by atoms with Gasteiger partial charge in [-0.15, -0.1) is 0 Å². The smallest absolute Gasteiger partial charge is 0.303 e. The molecule has 5 heteroatoms. The van der Waals surface area contributed by atoms with Gasteiger partial charge < -0.3 is 9.67 Å². The number of benzene rings is 2. The second kappa shape index (κ2) is 7.34. The molecule has 2 aromatic carbocycles. The topological polar surface area (TPSA) is 42.2 Å². The van der Waals surface area contributed by atoms with E-state index < -0.39 is 5.97 Å². The monoisotopic (exact) mass is 373 g/mol. The second-order valence-corrected chi connectivity index (χ2v) is 6.66. The van der Waals surface area contributed by atoms with Crippen molar-refractivity contribution in [2.24, 2.45) is 0 Å². The predicted octanol–water partition coefficient (Wildman–Crippen LogP) is 5.78. The summed E-state index contributed by atoms with van der Waals surface area (Å²) in [6.07, 6.45) is 0.458. The van der Waals surface area contributed by atoms with Crippen molar-refractivity contribution in [3.05, 3.63) is 75.9 Å². The molecule has 0 aliphatic rings. The molecule has 0 unspecified atom stereocenters. The van der Waals surface area contributed by atoms with Crippen LogP contribution in [0.3, 0.4) is 0 Å². The van der Waals surface area contributed by atoms with Crippen molar-refractivity contribution in [3.8, 4) is 16.9 Å². The number of hydrogen-bond acceptors (Lipinski definition) is 1. The van der Waals surface area contributed by atoms with E-state index in [1.54, 1.807) is 6.07 Å². The van der Waals surface area contributed by atoms with E-state index in [0.29, 0.717) is 16.5 Å². The first-order valence-electron chi connectivity index (χ1n) is 7.91. The van der Waals surface area contributed by atoms with Crippen LogP contribution in [0.4, 0.5) is 0 Å². The van der Waals surface area contributed by atoms with Crippen LogP contribution < -0.4 is 0 Å². The standard InChI is InChI=1S/C20H17Cl2NO2/c1-13-5-7-14(8-6-13)17-11-9-15(10-12-19(24)25)23(17)18-4-2-3-16(21)20(18)22/h2-9,11H,10,12H2,1H3,(H,24,25). The number of carboxylic acid groups (broad SMARTS) is 1. The fraction of sp³-hybridized carbons (Fsp3) is 0.150. The number of hydrogen-bond donors (Lipinski definition) is 1. The molecule has 0 amide bonds. The third kappa shape index (κ3) is 3.73. The summed E-state index contributed by atoms with van der Waals surface area (Å²) >= 11 is 12.6. The average Bonchev–Trinajstić information content (AvgIpc) is 3.00. The van der Waals surface area contributed by atoms with Gasteiger partial charge in [0.1, 0.15) is 0 Å². The van der Waals surface area contributed by atoms with Crippen LogP contribution in [0.2, 0.25) is 10.0 Å². The number of carbonyl (C=O) groups is 1. The number of nitrogens with zero attached hydrogens (tertiary/aromatic N) is 1. The molecule has 0 bridgehead atoms. The maximum absolute atomic E-state index is 11.0. The molecule has 0 spiro atoms. The van der Waals surface area contributed by atoms with Gasteiger partial charge in [-0.25, -0.2) is 0 Å². The van der Waals surface area contributed by atoms with Gasteiger partial charge in [0.15, 0.2) is 0 Å². The van der Waals surface area contributed by atoms with Gasteiger partial charge in [-0.3, -0.25) is 4.79 Å². The zero-order valence-corrected chi connectivity index (χ0v) is 15.2. The van der Waals surface area contributed by atoms with Gasteiger partial charge in [0.05, 0.1) is 27.8 Å². The van der Waals surface area contributed by atoms with Crippen molar-refractivity contribution in [1.29, 1.82) is 0 Å². The van der Waals surface area contributed by atoms with E-state index in [1.807, 2.05) is 60.0 Å². The van der Waals surface area contributed by atoms with Crippen LogP contribution in [0.5, 0.6) is 0 Å². The highest BCUT2D eigenvalue weighted by Crippen LogP contribution is 2.34. The van der Waals surface area contributed by atoms with Crippen molar-refractivity contribution in [1.82, 2.24) is 4.57 Å². The molecule has 1 heterocycles. The van der Waals surface area contributed by atoms with E-state index in [1.165, 1.54) is 5.56 Å². The van der Waals surface area contributed by atoms with E-state index in [0.717, 1.165) is 22.6 Å². The minimum atomic E-state index is -0.832. The highest BCUT2D eigenvalue weighted by atomic mass is 35.5. The number of rotatable bonds is 5. The van der Waals surface area contributed by atoms with Gasteiger partial charge in [0, 0.05) is 5.69 Å². The number of carboxylic acids is 1. The van der Waals surface area contributed by atoms with Crippen LogP contribution in [0, 0.1) is 6.92 Å². The lowest BCUT2D eigenvalue weighted by atomic mass is 10.1. The Labute approximate surface area is 156 Å². The van der Waals surface area contributed by atoms with E-state index in [2.05, 4.69) is 0 Å². The SMILES string of the molecule is Cc1ccc(-c2ccc(CCC(=O)O)n2-c2cccc(Cl)c2Cl)cc1. The Bertz CT molecular complexity index is 914. The molecule has 3 rings (SSSR count). The first kappa shape index (κ1) is 17.6. The summed E-state index contributed by atoms with van der Waals surface area (Å²) in [4.78, 5) is 11.0. The fourth-order valence-corrected chi connectivity index (χ4v) is 3.19. The van der Waals surface area contributed by atoms with E-state index in [4.69, 9.17) is 28.3 Å². The first-order chi connectivity index (χ1) is 12.0. The highest BCUT2D eigenvalue weighted by Gasteiger charge is 2.16. The summed E-state index contributed by atoms with van der Waals surface area (Å²) in [5, 5.41) is 9.95. The lowest BCUT2D eigenvalue weighted by Crippen LogP contribution is -2.06. The zero-order chi connectivity index (χ0) is 18.0. The molecule has 3 aromatic rings. The van der Waals surface area contributed by atoms with Gasteiger partial charge in [-0.2, -0.15) is 0 Å². The molecule has 0 atom stereocenters. The lowest BCUT2D eigenvalue weighted by Gasteiger charge is -2.16. The summed E-state index contributed by atoms with van der Waals surface area (Å²) < 4.78 is 1.99. The molecule has 25 heavy (non-hydrogen) atoms. The van der Waals surface area contributed by atoms with E-state index in [9.17, 15) is 4.79 Å². The molecule has 0 aliphatic carbocycles. The minimum Gasteiger partial charge on any atom is -0.481 e. The molecule has 0 radical (unpaired) electrons. The highest BCUT2D eigenvalue weighted by molar-refractivity contribution is 6.43. The Kier molecular flexibility index (Phi) is 5.16. The summed E-state index contributed by atoms with van der Waals surface area (Å²) in [5.41, 5.74) is 4.78. The van der Waals surface area contributed by atoms with Crippen LogP contribution in [-0.2, 0) is 11.2 Å². The van der Waals surface area contributed by atoms with Crippen LogP contribution in [0.1, 0.15) is 17.7 Å². The van der Waals surface area contributed by atoms with Crippen molar-refractivity contribution in [2.75, 3.05) is 0 Å². The quantitative estimate of drug-likeness (QED) is 0.615. The fourth-order valence-electron chi connectivity index (χ4n) is 2.81. The van der Waals surface area contributed by atoms with E-state index >= 15 is 0 Å². The van der Waals surface area contributed by atoms with Crippen LogP contribution in [-0.4, -0.2) is 15.6 Å². The van der Waals surface area contributed by atoms with Crippen molar-refractivity contribution in [2.45, 2.75) is 19.8 Å². The maximum atomic E-state index is 11.0. The van der Waals surface area contributed by atoms with Crippen LogP contribution in [0.25, 0.3) is 16.9 Å². The number of aryl methyl sites for hydroxylation is 2. The summed E-state index contributed by atoms with van der Waals surface area (Å²) in [7, 11) is 0. The summed E-state index contributed by atoms with van der Waals surface area (Å²) in [5.74, 6) is -0.832. The van der Waals surface area contributed by atoms with Gasteiger partial charge >= 0.3 is 5.97 Å². The first-order valence-corrected chi connectivity index (χ1v) is 8.67. The third-order valence-electron chi connectivity index (χ3n) is 4.08. The second-order valence-electron chi connectivity index (χ2n) is 5.88. The van der Waals surface area contributed by atoms with Gasteiger partial charge in [0.2, 0.25) is 0 Å². The summed E-state index contributed by atoms with van der Waals surface area (Å²) in [6.45, 7) is 2.04. The van der Waals surface area contributed by atoms with Crippen LogP contribution in [0.15, 0.2) is 54.6 Å². The van der Waals surface area contributed by atoms with Gasteiger partial charge in [-0.1, -0.05) is 59.1 Å². The van der Waals surface area contributed by atoms with Crippen LogP contribution >= 0.6 is 23.2 Å². The Morgan fingerprint density at radius 3 is 2.44 bits per heavy atom. The van der Waals surface area contributed by atoms with Crippen molar-refractivity contribution in [3.63, 3.8) is 0 Å². The largest absolute Gasteiger partial charge is 0.481 e. The van der Waals surface area contributed by atoms with Gasteiger partial charge in [-0.05, 0) is 43.2 Å². The molecule has 0 saturated carbocycles. The molecule has 128 valence electrons. The number of aromatic nitrogens is 1. The Morgan fingerprint density at radius 2 is 1.76 bits per heavy atom. The normalized spacial score (nSPS) is 10.8. The Morgan fingerprint density at radius 1 is 1.04 bits per heavy atom. The van der Waals surface area contributed by atoms with Crippen molar-refractivity contribution >= 4 is 29.2 Å². The van der Waals surface area contributed by atoms with Crippen molar-refractivity contribution < 1.29 is 9.90 Å². The Hall–Kier alpha value is -2.23. The zero-order valence-electron chi connectivity index (χ0n) is 13.7. The molecule has 3 nitrogen and oxygen atoms in total. The predicted molar refractivity (Wildman–Crippen MR) is 102 cm³/mol. The summed E-state index contributed by atoms with van der Waals surface area (Å²) in [6, 6.07) is 17.6. The molecule has 0 aliphatic heterocycles. The van der Waals surface area contributed by atoms with E-state index in [-0.39, 0.29) is 6.42 Å². The Balaban J connectivity index is 2.17. The lowest BCUT2D eigenvalue weighted by molar-refractivity contribution is -0.136. The molecule has 1 N–H and O–H groups in total. The molecular formula is C20H17Cl2NO2. The number of halogens is 2. The molecular weight excluding hydrogens is 357 g/mol. The maximum Gasteiger partial charge on any atom is 0.303 e.